The molecule has 0 saturated heterocycles. The maximum atomic E-state index is 5.83. The first-order chi connectivity index (χ1) is 9.90. The van der Waals surface area contributed by atoms with Crippen molar-refractivity contribution in [3.05, 3.63) is 26.6 Å². The zero-order valence-electron chi connectivity index (χ0n) is 13.0. The Labute approximate surface area is 144 Å². The summed E-state index contributed by atoms with van der Waals surface area (Å²) in [5.74, 6) is 1.49. The van der Waals surface area contributed by atoms with Crippen molar-refractivity contribution in [2.24, 2.45) is 11.7 Å². The van der Waals surface area contributed by atoms with Crippen molar-refractivity contribution in [1.82, 2.24) is 0 Å². The molecule has 0 aliphatic carbocycles. The Morgan fingerprint density at radius 3 is 2.19 bits per heavy atom. The van der Waals surface area contributed by atoms with Gasteiger partial charge in [-0.15, -0.1) is 0 Å². The molecule has 0 aromatic heterocycles. The summed E-state index contributed by atoms with van der Waals surface area (Å²) in [5.41, 5.74) is 7.02. The van der Waals surface area contributed by atoms with Crippen LogP contribution >= 0.6 is 31.9 Å². The van der Waals surface area contributed by atoms with Gasteiger partial charge < -0.3 is 15.2 Å². The normalized spacial score (nSPS) is 12.7. The Morgan fingerprint density at radius 1 is 1.05 bits per heavy atom. The molecule has 2 N–H and O–H groups in total. The lowest BCUT2D eigenvalue weighted by Crippen LogP contribution is -2.17. The molecule has 120 valence electrons. The number of hydrogen-bond donors (Lipinski definition) is 1. The first-order valence-electron chi connectivity index (χ1n) is 7.34. The van der Waals surface area contributed by atoms with E-state index in [1.165, 1.54) is 5.56 Å². The minimum absolute atomic E-state index is 0.143. The summed E-state index contributed by atoms with van der Waals surface area (Å²) < 4.78 is 13.2. The summed E-state index contributed by atoms with van der Waals surface area (Å²) in [6.07, 6.45) is 1.93. The molecule has 0 heterocycles. The van der Waals surface area contributed by atoms with Gasteiger partial charge in [-0.05, 0) is 75.2 Å². The van der Waals surface area contributed by atoms with E-state index >= 15 is 0 Å². The van der Waals surface area contributed by atoms with Crippen LogP contribution < -0.4 is 10.5 Å². The molecule has 1 aromatic rings. The molecular weight excluding hydrogens is 398 g/mol. The second-order valence-electron chi connectivity index (χ2n) is 5.71. The van der Waals surface area contributed by atoms with E-state index in [9.17, 15) is 0 Å². The molecule has 0 bridgehead atoms. The third-order valence-corrected chi connectivity index (χ3v) is 4.11. The minimum atomic E-state index is 0.143. The second kappa shape index (κ2) is 9.82. The molecular formula is C16H25Br2NO2. The van der Waals surface area contributed by atoms with Gasteiger partial charge in [0.25, 0.3) is 0 Å². The smallest absolute Gasteiger partial charge is 0.147 e. The Morgan fingerprint density at radius 2 is 1.67 bits per heavy atom. The number of benzene rings is 1. The van der Waals surface area contributed by atoms with E-state index in [1.54, 1.807) is 0 Å². The van der Waals surface area contributed by atoms with Gasteiger partial charge in [-0.25, -0.2) is 0 Å². The summed E-state index contributed by atoms with van der Waals surface area (Å²) in [6.45, 7) is 8.32. The summed E-state index contributed by atoms with van der Waals surface area (Å²) >= 11 is 7.11. The molecule has 0 spiro atoms. The second-order valence-corrected chi connectivity index (χ2v) is 7.42. The van der Waals surface area contributed by atoms with Gasteiger partial charge in [-0.1, -0.05) is 13.8 Å². The van der Waals surface area contributed by atoms with Crippen LogP contribution in [0.4, 0.5) is 0 Å². The third kappa shape index (κ3) is 7.63. The van der Waals surface area contributed by atoms with Crippen LogP contribution in [0.3, 0.4) is 0 Å². The molecule has 0 fully saturated rings. The predicted octanol–water partition coefficient (Wildman–Crippen LogP) is 4.54. The molecule has 3 nitrogen and oxygen atoms in total. The van der Waals surface area contributed by atoms with Crippen LogP contribution in [0.2, 0.25) is 0 Å². The largest absolute Gasteiger partial charge is 0.489 e. The Kier molecular flexibility index (Phi) is 8.86. The van der Waals surface area contributed by atoms with E-state index in [4.69, 9.17) is 15.2 Å². The van der Waals surface area contributed by atoms with Crippen molar-refractivity contribution in [2.45, 2.75) is 39.7 Å². The van der Waals surface area contributed by atoms with Crippen LogP contribution in [-0.4, -0.2) is 25.9 Å². The van der Waals surface area contributed by atoms with E-state index in [0.29, 0.717) is 19.1 Å². The lowest BCUT2D eigenvalue weighted by atomic mass is 10.1. The fourth-order valence-corrected chi connectivity index (χ4v) is 3.37. The Hall–Kier alpha value is -0.100. The number of halogens is 2. The fraction of sp³-hybridized carbons (Fsp3) is 0.625. The molecule has 1 aromatic carbocycles. The van der Waals surface area contributed by atoms with E-state index < -0.39 is 0 Å². The molecule has 1 unspecified atom stereocenters. The maximum absolute atomic E-state index is 5.83. The van der Waals surface area contributed by atoms with Gasteiger partial charge in [0.05, 0.1) is 15.6 Å². The predicted molar refractivity (Wildman–Crippen MR) is 95.0 cm³/mol. The zero-order valence-corrected chi connectivity index (χ0v) is 16.2. The fourth-order valence-electron chi connectivity index (χ4n) is 1.86. The average Bonchev–Trinajstić information content (AvgIpc) is 2.34. The summed E-state index contributed by atoms with van der Waals surface area (Å²) in [4.78, 5) is 0. The van der Waals surface area contributed by atoms with Crippen LogP contribution in [0, 0.1) is 5.92 Å². The molecule has 0 amide bonds. The van der Waals surface area contributed by atoms with Crippen molar-refractivity contribution >= 4 is 31.9 Å². The summed E-state index contributed by atoms with van der Waals surface area (Å²) in [6, 6.07) is 4.26. The van der Waals surface area contributed by atoms with Gasteiger partial charge in [0.2, 0.25) is 0 Å². The van der Waals surface area contributed by atoms with Crippen LogP contribution in [0.5, 0.6) is 5.75 Å². The zero-order chi connectivity index (χ0) is 15.8. The van der Waals surface area contributed by atoms with Crippen LogP contribution in [0.1, 0.15) is 32.8 Å². The first-order valence-corrected chi connectivity index (χ1v) is 8.92. The van der Waals surface area contributed by atoms with Gasteiger partial charge >= 0.3 is 0 Å². The minimum Gasteiger partial charge on any atom is -0.489 e. The lowest BCUT2D eigenvalue weighted by Gasteiger charge is -2.13. The molecule has 0 aliphatic rings. The highest BCUT2D eigenvalue weighted by Gasteiger charge is 2.10. The van der Waals surface area contributed by atoms with Crippen molar-refractivity contribution < 1.29 is 9.47 Å². The van der Waals surface area contributed by atoms with Crippen molar-refractivity contribution in [3.63, 3.8) is 0 Å². The Bertz CT molecular complexity index is 413. The van der Waals surface area contributed by atoms with Crippen molar-refractivity contribution in [2.75, 3.05) is 19.8 Å². The Balaban J connectivity index is 2.44. The molecule has 1 rings (SSSR count). The standard InChI is InChI=1S/C16H25Br2NO2/c1-11(2)4-5-20-6-7-21-16-14(17)9-13(8-12(3)19)10-15(16)18/h9-12H,4-8,19H2,1-3H3. The molecule has 0 saturated carbocycles. The van der Waals surface area contributed by atoms with Crippen LogP contribution in [-0.2, 0) is 11.2 Å². The summed E-state index contributed by atoms with van der Waals surface area (Å²) in [7, 11) is 0. The topological polar surface area (TPSA) is 44.5 Å². The van der Waals surface area contributed by atoms with Gasteiger partial charge in [0, 0.05) is 12.6 Å². The SMILES string of the molecule is CC(C)CCOCCOc1c(Br)cc(CC(C)N)cc1Br. The van der Waals surface area contributed by atoms with E-state index in [1.807, 2.05) is 6.92 Å². The number of hydrogen-bond acceptors (Lipinski definition) is 3. The van der Waals surface area contributed by atoms with Gasteiger partial charge in [0.1, 0.15) is 12.4 Å². The molecule has 5 heteroatoms. The highest BCUT2D eigenvalue weighted by molar-refractivity contribution is 9.11. The van der Waals surface area contributed by atoms with Crippen LogP contribution in [0.25, 0.3) is 0 Å². The van der Waals surface area contributed by atoms with E-state index in [-0.39, 0.29) is 6.04 Å². The van der Waals surface area contributed by atoms with Gasteiger partial charge in [-0.3, -0.25) is 0 Å². The molecule has 0 aliphatic heterocycles. The average molecular weight is 423 g/mol. The highest BCUT2D eigenvalue weighted by Crippen LogP contribution is 2.35. The van der Waals surface area contributed by atoms with E-state index in [2.05, 4.69) is 57.8 Å². The quantitative estimate of drug-likeness (QED) is 0.594. The summed E-state index contributed by atoms with van der Waals surface area (Å²) in [5, 5.41) is 0. The van der Waals surface area contributed by atoms with Crippen molar-refractivity contribution in [3.8, 4) is 5.75 Å². The van der Waals surface area contributed by atoms with Gasteiger partial charge in [0.15, 0.2) is 0 Å². The lowest BCUT2D eigenvalue weighted by molar-refractivity contribution is 0.0921. The van der Waals surface area contributed by atoms with E-state index in [0.717, 1.165) is 34.1 Å². The van der Waals surface area contributed by atoms with Crippen molar-refractivity contribution in [1.29, 1.82) is 0 Å². The monoisotopic (exact) mass is 421 g/mol. The van der Waals surface area contributed by atoms with Crippen LogP contribution in [0.15, 0.2) is 21.1 Å². The molecule has 21 heavy (non-hydrogen) atoms. The number of ether oxygens (including phenoxy) is 2. The number of nitrogens with two attached hydrogens (primary N) is 1. The molecule has 1 atom stereocenters. The molecule has 0 radical (unpaired) electrons. The third-order valence-electron chi connectivity index (χ3n) is 2.93. The maximum Gasteiger partial charge on any atom is 0.147 e. The van der Waals surface area contributed by atoms with Gasteiger partial charge in [-0.2, -0.15) is 0 Å². The first kappa shape index (κ1) is 18.9. The number of rotatable bonds is 9. The highest BCUT2D eigenvalue weighted by atomic mass is 79.9.